The third kappa shape index (κ3) is 3.97. The number of carbonyl (C=O) groups is 1. The smallest absolute Gasteiger partial charge is 0.246 e. The van der Waals surface area contributed by atoms with Crippen LogP contribution in [0.15, 0.2) is 15.9 Å². The van der Waals surface area contributed by atoms with E-state index in [4.69, 9.17) is 9.15 Å². The number of morpholine rings is 1. The number of thiophene rings is 1. The van der Waals surface area contributed by atoms with Crippen LogP contribution >= 0.6 is 11.3 Å². The molecule has 1 aliphatic rings. The molecule has 6 nitrogen and oxygen atoms in total. The Morgan fingerprint density at radius 1 is 1.43 bits per heavy atom. The third-order valence-corrected chi connectivity index (χ3v) is 5.08. The van der Waals surface area contributed by atoms with Crippen LogP contribution in [-0.2, 0) is 16.0 Å². The van der Waals surface area contributed by atoms with Gasteiger partial charge in [-0.1, -0.05) is 0 Å². The van der Waals surface area contributed by atoms with E-state index in [9.17, 15) is 4.79 Å². The highest BCUT2D eigenvalue weighted by molar-refractivity contribution is 7.10. The summed E-state index contributed by atoms with van der Waals surface area (Å²) in [6.45, 7) is 5.47. The number of hydrogen-bond donors (Lipinski definition) is 0. The molecule has 0 bridgehead atoms. The first-order valence-corrected chi connectivity index (χ1v) is 8.74. The fourth-order valence-corrected chi connectivity index (χ4v) is 3.64. The predicted molar refractivity (Wildman–Crippen MR) is 86.3 cm³/mol. The van der Waals surface area contributed by atoms with Gasteiger partial charge in [-0.05, 0) is 36.8 Å². The maximum Gasteiger partial charge on any atom is 0.246 e. The van der Waals surface area contributed by atoms with E-state index >= 15 is 0 Å². The van der Waals surface area contributed by atoms with Crippen molar-refractivity contribution in [2.45, 2.75) is 39.2 Å². The number of ether oxygens (including phenoxy) is 1. The second-order valence-electron chi connectivity index (χ2n) is 5.74. The second-order valence-corrected chi connectivity index (χ2v) is 6.74. The summed E-state index contributed by atoms with van der Waals surface area (Å²) in [7, 11) is 0. The zero-order chi connectivity index (χ0) is 16.2. The van der Waals surface area contributed by atoms with Gasteiger partial charge in [-0.2, -0.15) is 0 Å². The summed E-state index contributed by atoms with van der Waals surface area (Å²) < 4.78 is 11.1. The Hall–Kier alpha value is -1.73. The number of nitrogens with zero attached hydrogens (tertiary/aromatic N) is 3. The van der Waals surface area contributed by atoms with Crippen LogP contribution < -0.4 is 0 Å². The van der Waals surface area contributed by atoms with Gasteiger partial charge in [0.15, 0.2) is 6.10 Å². The normalized spacial score (nSPS) is 18.3. The minimum absolute atomic E-state index is 0.170. The molecule has 1 saturated heterocycles. The zero-order valence-corrected chi connectivity index (χ0v) is 14.3. The lowest BCUT2D eigenvalue weighted by Gasteiger charge is -2.31. The minimum Gasteiger partial charge on any atom is -0.423 e. The highest BCUT2D eigenvalue weighted by atomic mass is 32.1. The third-order valence-electron chi connectivity index (χ3n) is 4.00. The average Bonchev–Trinajstić information content (AvgIpc) is 3.16. The molecule has 1 fully saturated rings. The number of aryl methyl sites for hydroxylation is 3. The molecule has 0 radical (unpaired) electrons. The maximum absolute atomic E-state index is 12.4. The van der Waals surface area contributed by atoms with E-state index in [0.29, 0.717) is 37.9 Å². The Morgan fingerprint density at radius 2 is 2.30 bits per heavy atom. The largest absolute Gasteiger partial charge is 0.423 e. The molecule has 1 atom stereocenters. The molecule has 0 aliphatic carbocycles. The molecule has 2 aromatic heterocycles. The van der Waals surface area contributed by atoms with E-state index in [2.05, 4.69) is 28.6 Å². The van der Waals surface area contributed by atoms with E-state index < -0.39 is 0 Å². The molecular formula is C16H21N3O3S. The quantitative estimate of drug-likeness (QED) is 0.840. The van der Waals surface area contributed by atoms with E-state index in [-0.39, 0.29) is 12.0 Å². The lowest BCUT2D eigenvalue weighted by atomic mass is 10.1. The first kappa shape index (κ1) is 16.1. The van der Waals surface area contributed by atoms with Crippen LogP contribution in [0.25, 0.3) is 0 Å². The van der Waals surface area contributed by atoms with Gasteiger partial charge in [0, 0.05) is 24.8 Å². The Bertz CT molecular complexity index is 667. The molecule has 0 N–H and O–H groups in total. The van der Waals surface area contributed by atoms with Crippen LogP contribution in [-0.4, -0.2) is 40.7 Å². The second kappa shape index (κ2) is 7.23. The zero-order valence-electron chi connectivity index (χ0n) is 13.4. The number of carbonyl (C=O) groups excluding carboxylic acids is 1. The van der Waals surface area contributed by atoms with E-state index in [0.717, 1.165) is 12.8 Å². The van der Waals surface area contributed by atoms with Gasteiger partial charge in [0.2, 0.25) is 17.7 Å². The number of hydrogen-bond acceptors (Lipinski definition) is 6. The molecule has 3 heterocycles. The summed E-state index contributed by atoms with van der Waals surface area (Å²) >= 11 is 1.76. The predicted octanol–water partition coefficient (Wildman–Crippen LogP) is 2.67. The molecule has 2 aromatic rings. The number of aromatic nitrogens is 2. The lowest BCUT2D eigenvalue weighted by Crippen LogP contribution is -2.42. The van der Waals surface area contributed by atoms with Crippen LogP contribution in [0.1, 0.15) is 41.2 Å². The highest BCUT2D eigenvalue weighted by Gasteiger charge is 2.28. The van der Waals surface area contributed by atoms with Crippen molar-refractivity contribution in [3.63, 3.8) is 0 Å². The van der Waals surface area contributed by atoms with Gasteiger partial charge >= 0.3 is 0 Å². The van der Waals surface area contributed by atoms with Gasteiger partial charge in [-0.25, -0.2) is 0 Å². The molecule has 124 valence electrons. The van der Waals surface area contributed by atoms with E-state index in [1.54, 1.807) is 18.3 Å². The van der Waals surface area contributed by atoms with Gasteiger partial charge in [-0.3, -0.25) is 4.79 Å². The highest BCUT2D eigenvalue weighted by Crippen LogP contribution is 2.22. The Kier molecular flexibility index (Phi) is 5.07. The molecule has 0 aromatic carbocycles. The van der Waals surface area contributed by atoms with Crippen LogP contribution in [0.4, 0.5) is 0 Å². The fourth-order valence-electron chi connectivity index (χ4n) is 2.69. The minimum atomic E-state index is -0.312. The van der Waals surface area contributed by atoms with E-state index in [1.165, 1.54) is 10.4 Å². The molecule has 0 spiro atoms. The van der Waals surface area contributed by atoms with Crippen molar-refractivity contribution < 1.29 is 13.9 Å². The molecule has 1 aliphatic heterocycles. The topological polar surface area (TPSA) is 68.5 Å². The Balaban J connectivity index is 1.50. The summed E-state index contributed by atoms with van der Waals surface area (Å²) in [6.07, 6.45) is 2.09. The average molecular weight is 335 g/mol. The van der Waals surface area contributed by atoms with Crippen LogP contribution in [0.2, 0.25) is 0 Å². The number of amides is 1. The summed E-state index contributed by atoms with van der Waals surface area (Å²) in [5.74, 6) is 1.14. The monoisotopic (exact) mass is 335 g/mol. The van der Waals surface area contributed by atoms with E-state index in [1.807, 2.05) is 4.90 Å². The lowest BCUT2D eigenvalue weighted by molar-refractivity contribution is -0.140. The maximum atomic E-state index is 12.4. The number of rotatable bonds is 5. The van der Waals surface area contributed by atoms with Crippen LogP contribution in [0.3, 0.4) is 0 Å². The van der Waals surface area contributed by atoms with Gasteiger partial charge in [0.1, 0.15) is 0 Å². The summed E-state index contributed by atoms with van der Waals surface area (Å²) in [6, 6.07) is 2.13. The standard InChI is InChI=1S/C16H21N3O3S/c1-11-6-9-23-14(11)4-3-5-15(20)19-7-8-21-13(10-19)16-18-17-12(2)22-16/h6,9,13H,3-5,7-8,10H2,1-2H3/t13-/m1/s1. The molecule has 0 unspecified atom stereocenters. The first-order valence-electron chi connectivity index (χ1n) is 7.86. The van der Waals surface area contributed by atoms with Crippen molar-refractivity contribution in [2.75, 3.05) is 19.7 Å². The molecule has 23 heavy (non-hydrogen) atoms. The van der Waals surface area contributed by atoms with Crippen molar-refractivity contribution in [3.05, 3.63) is 33.7 Å². The summed E-state index contributed by atoms with van der Waals surface area (Å²) in [4.78, 5) is 15.6. The molecule has 3 rings (SSSR count). The molecule has 7 heteroatoms. The Morgan fingerprint density at radius 3 is 3.00 bits per heavy atom. The van der Waals surface area contributed by atoms with Crippen molar-refractivity contribution >= 4 is 17.2 Å². The summed E-state index contributed by atoms with van der Waals surface area (Å²) in [5, 5.41) is 9.91. The molecule has 1 amide bonds. The van der Waals surface area contributed by atoms with Crippen LogP contribution in [0.5, 0.6) is 0 Å². The van der Waals surface area contributed by atoms with Crippen molar-refractivity contribution in [1.82, 2.24) is 15.1 Å². The molecular weight excluding hydrogens is 314 g/mol. The van der Waals surface area contributed by atoms with Crippen molar-refractivity contribution in [3.8, 4) is 0 Å². The van der Waals surface area contributed by atoms with Gasteiger partial charge in [0.05, 0.1) is 13.2 Å². The Labute approximate surface area is 139 Å². The fraction of sp³-hybridized carbons (Fsp3) is 0.562. The first-order chi connectivity index (χ1) is 11.1. The van der Waals surface area contributed by atoms with Crippen molar-refractivity contribution in [2.24, 2.45) is 0 Å². The van der Waals surface area contributed by atoms with Crippen molar-refractivity contribution in [1.29, 1.82) is 0 Å². The van der Waals surface area contributed by atoms with Gasteiger partial charge < -0.3 is 14.1 Å². The van der Waals surface area contributed by atoms with Gasteiger partial charge in [0.25, 0.3) is 0 Å². The SMILES string of the molecule is Cc1nnc([C@H]2CN(C(=O)CCCc3sccc3C)CCO2)o1. The van der Waals surface area contributed by atoms with Gasteiger partial charge in [-0.15, -0.1) is 21.5 Å². The molecule has 0 saturated carbocycles. The summed E-state index contributed by atoms with van der Waals surface area (Å²) in [5.41, 5.74) is 1.32. The van der Waals surface area contributed by atoms with Crippen LogP contribution in [0, 0.1) is 13.8 Å².